The van der Waals surface area contributed by atoms with Crippen LogP contribution in [-0.2, 0) is 8.85 Å². The van der Waals surface area contributed by atoms with Crippen LogP contribution in [0.4, 0.5) is 0 Å². The Morgan fingerprint density at radius 2 is 0.706 bits per heavy atom. The van der Waals surface area contributed by atoms with Crippen molar-refractivity contribution in [3.05, 3.63) is 0 Å². The zero-order chi connectivity index (χ0) is 28.2. The van der Waals surface area contributed by atoms with Gasteiger partial charge in [0.2, 0.25) is 16.6 Å². The van der Waals surface area contributed by atoms with E-state index in [1.165, 1.54) is 0 Å². The largest absolute Gasteiger partial charge is 0.507 e. The zero-order valence-electron chi connectivity index (χ0n) is 27.3. The molecule has 3 nitrogen and oxygen atoms in total. The summed E-state index contributed by atoms with van der Waals surface area (Å²) in [5.41, 5.74) is 0. The van der Waals surface area contributed by atoms with Gasteiger partial charge in [-0.2, -0.15) is 0 Å². The summed E-state index contributed by atoms with van der Waals surface area (Å²) in [4.78, 5) is 0. The molecule has 0 radical (unpaired) electrons. The Labute approximate surface area is 218 Å². The molecule has 0 aliphatic carbocycles. The average Bonchev–Trinajstić information content (AvgIpc) is 2.39. The molecule has 0 fully saturated rings. The molecule has 0 N–H and O–H groups in total. The minimum atomic E-state index is -2.55. The summed E-state index contributed by atoms with van der Waals surface area (Å²) in [6.45, 7) is 49.5. The van der Waals surface area contributed by atoms with Gasteiger partial charge in [0, 0.05) is 0 Å². The predicted molar refractivity (Wildman–Crippen MR) is 163 cm³/mol. The molecule has 0 spiro atoms. The van der Waals surface area contributed by atoms with E-state index in [1.54, 1.807) is 0 Å². The van der Waals surface area contributed by atoms with E-state index in [-0.39, 0.29) is 30.2 Å². The highest BCUT2D eigenvalue weighted by Crippen LogP contribution is 2.65. The van der Waals surface area contributed by atoms with Crippen molar-refractivity contribution in [3.8, 4) is 0 Å². The molecule has 0 saturated carbocycles. The quantitative estimate of drug-likeness (QED) is 0.207. The van der Waals surface area contributed by atoms with E-state index >= 15 is 0 Å². The minimum Gasteiger partial charge on any atom is -0.507 e. The van der Waals surface area contributed by atoms with Crippen LogP contribution in [0.25, 0.3) is 0 Å². The number of rotatable bonds is 3. The highest BCUT2D eigenvalue weighted by Gasteiger charge is 2.66. The topological polar surface area (TPSA) is 30.8 Å². The van der Waals surface area contributed by atoms with Crippen molar-refractivity contribution in [2.24, 2.45) is 4.66 Å². The van der Waals surface area contributed by atoms with Gasteiger partial charge in [-0.05, 0) is 49.9 Å². The molecule has 0 aromatic carbocycles. The SMILES string of the molecule is CC(C)(C)[Si](/N=C(/O[Si](C)(C)C)O[Si](C(C)(C)C)(C(C)(C)C)C(C)(C)C)(C(C)(C)C)C(C)(C)C. The first kappa shape index (κ1) is 33.9. The molecule has 0 unspecified atom stereocenters. The summed E-state index contributed by atoms with van der Waals surface area (Å²) in [5.74, 6) is 0. The summed E-state index contributed by atoms with van der Waals surface area (Å²) in [7, 11) is -7.00. The van der Waals surface area contributed by atoms with Gasteiger partial charge < -0.3 is 8.85 Å². The van der Waals surface area contributed by atoms with Crippen LogP contribution in [0.5, 0.6) is 0 Å². The molecule has 0 atom stereocenters. The molecule has 0 aliphatic heterocycles. The van der Waals surface area contributed by atoms with Crippen molar-refractivity contribution < 1.29 is 8.85 Å². The van der Waals surface area contributed by atoms with Gasteiger partial charge in [0.15, 0.2) is 0 Å². The summed E-state index contributed by atoms with van der Waals surface area (Å²) < 4.78 is 20.2. The second-order valence-electron chi connectivity index (χ2n) is 17.6. The fourth-order valence-electron chi connectivity index (χ4n) is 8.31. The first-order valence-electron chi connectivity index (χ1n) is 13.3. The summed E-state index contributed by atoms with van der Waals surface area (Å²) in [6.07, 6.45) is 0.594. The molecule has 34 heavy (non-hydrogen) atoms. The second-order valence-corrected chi connectivity index (χ2v) is 34.2. The Morgan fingerprint density at radius 3 is 0.882 bits per heavy atom. The van der Waals surface area contributed by atoms with Gasteiger partial charge in [0.25, 0.3) is 8.32 Å². The predicted octanol–water partition coefficient (Wildman–Crippen LogP) is 10.9. The first-order valence-corrected chi connectivity index (χ1v) is 20.5. The molecule has 0 aromatic heterocycles. The van der Waals surface area contributed by atoms with Crippen molar-refractivity contribution in [2.45, 2.75) is 174 Å². The van der Waals surface area contributed by atoms with Crippen LogP contribution in [0, 0.1) is 0 Å². The van der Waals surface area contributed by atoms with Crippen molar-refractivity contribution in [3.63, 3.8) is 0 Å². The lowest BCUT2D eigenvalue weighted by molar-refractivity contribution is 0.303. The van der Waals surface area contributed by atoms with E-state index in [0.29, 0.717) is 6.08 Å². The van der Waals surface area contributed by atoms with E-state index in [4.69, 9.17) is 13.5 Å². The third-order valence-electron chi connectivity index (χ3n) is 7.32. The van der Waals surface area contributed by atoms with E-state index < -0.39 is 24.9 Å². The van der Waals surface area contributed by atoms with Crippen molar-refractivity contribution in [1.82, 2.24) is 0 Å². The molecule has 0 heterocycles. The fourth-order valence-corrected chi connectivity index (χ4v) is 25.3. The molecular formula is C28H63NO2Si3. The highest BCUT2D eigenvalue weighted by atomic mass is 28.4. The van der Waals surface area contributed by atoms with Gasteiger partial charge in [-0.25, -0.2) is 0 Å². The first-order chi connectivity index (χ1) is 14.3. The molecule has 0 aromatic rings. The summed E-state index contributed by atoms with van der Waals surface area (Å²) in [5, 5.41) is 0.0381. The maximum Gasteiger partial charge on any atom is 0.345 e. The van der Waals surface area contributed by atoms with Crippen molar-refractivity contribution in [1.29, 1.82) is 0 Å². The van der Waals surface area contributed by atoms with E-state index in [9.17, 15) is 0 Å². The Morgan fingerprint density at radius 1 is 0.441 bits per heavy atom. The van der Waals surface area contributed by atoms with E-state index in [1.807, 2.05) is 0 Å². The average molecular weight is 530 g/mol. The molecule has 0 rings (SSSR count). The third-order valence-corrected chi connectivity index (χ3v) is 22.0. The zero-order valence-corrected chi connectivity index (χ0v) is 30.3. The molecule has 204 valence electrons. The Kier molecular flexibility index (Phi) is 9.32. The summed E-state index contributed by atoms with van der Waals surface area (Å²) in [6, 6.07) is 0. The van der Waals surface area contributed by atoms with Gasteiger partial charge in [-0.1, -0.05) is 125 Å². The van der Waals surface area contributed by atoms with Crippen molar-refractivity contribution >= 4 is 31.0 Å². The van der Waals surface area contributed by atoms with Gasteiger partial charge in [-0.15, -0.1) is 0 Å². The molecule has 6 heteroatoms. The Bertz CT molecular complexity index is 651. The normalized spacial score (nSPS) is 16.6. The maximum absolute atomic E-state index is 7.48. The van der Waals surface area contributed by atoms with Gasteiger partial charge in [0.05, 0.1) is 0 Å². The lowest BCUT2D eigenvalue weighted by Gasteiger charge is -2.58. The molecule has 0 bridgehead atoms. The van der Waals surface area contributed by atoms with Gasteiger partial charge in [0.1, 0.15) is 0 Å². The Balaban J connectivity index is 7.79. The van der Waals surface area contributed by atoms with Gasteiger partial charge >= 0.3 is 6.08 Å². The van der Waals surface area contributed by atoms with Crippen LogP contribution in [0.1, 0.15) is 125 Å². The standard InChI is InChI=1S/C28H63NO2Si3/c1-23(2,3)33(24(4,5)6,25(7,8)9)29-22(30-32(19,20)21)31-34(26(10,11)12,27(13,14)15)28(16,17)18/h1-21H3/b29-22-. The Hall–Kier alpha value is -0.0794. The fraction of sp³-hybridized carbons (Fsp3) is 0.964. The van der Waals surface area contributed by atoms with E-state index in [0.717, 1.165) is 0 Å². The van der Waals surface area contributed by atoms with Gasteiger partial charge in [-0.3, -0.25) is 4.66 Å². The van der Waals surface area contributed by atoms with Crippen LogP contribution in [0.15, 0.2) is 4.66 Å². The third kappa shape index (κ3) is 6.42. The van der Waals surface area contributed by atoms with Crippen LogP contribution in [-0.4, -0.2) is 31.0 Å². The second kappa shape index (κ2) is 9.34. The maximum atomic E-state index is 7.48. The summed E-state index contributed by atoms with van der Waals surface area (Å²) >= 11 is 0. The van der Waals surface area contributed by atoms with Crippen LogP contribution < -0.4 is 0 Å². The van der Waals surface area contributed by atoms with E-state index in [2.05, 4.69) is 144 Å². The van der Waals surface area contributed by atoms with Crippen LogP contribution >= 0.6 is 0 Å². The minimum absolute atomic E-state index is 0.0114. The van der Waals surface area contributed by atoms with Crippen molar-refractivity contribution in [2.75, 3.05) is 0 Å². The molecule has 0 aliphatic rings. The lowest BCUT2D eigenvalue weighted by Crippen LogP contribution is -2.63. The number of nitrogens with zero attached hydrogens (tertiary/aromatic N) is 1. The molecular weight excluding hydrogens is 467 g/mol. The van der Waals surface area contributed by atoms with Crippen LogP contribution in [0.2, 0.25) is 49.9 Å². The molecule has 0 amide bonds. The highest BCUT2D eigenvalue weighted by molar-refractivity contribution is 6.88. The van der Waals surface area contributed by atoms with Crippen LogP contribution in [0.3, 0.4) is 0 Å². The number of hydrogen-bond donors (Lipinski definition) is 0. The smallest absolute Gasteiger partial charge is 0.345 e. The number of hydrogen-bond acceptors (Lipinski definition) is 3. The lowest BCUT2D eigenvalue weighted by atomic mass is 10.2. The monoisotopic (exact) mass is 529 g/mol. The molecule has 0 saturated heterocycles.